The summed E-state index contributed by atoms with van der Waals surface area (Å²) in [5.41, 5.74) is -1.23. The summed E-state index contributed by atoms with van der Waals surface area (Å²) in [6.45, 7) is -2.53. The molecule has 0 aliphatic rings. The molecule has 0 saturated carbocycles. The van der Waals surface area contributed by atoms with Crippen LogP contribution in [0.3, 0.4) is 0 Å². The first-order chi connectivity index (χ1) is 8.46. The van der Waals surface area contributed by atoms with Crippen molar-refractivity contribution in [2.24, 2.45) is 0 Å². The van der Waals surface area contributed by atoms with Crippen LogP contribution in [-0.2, 0) is 5.60 Å². The number of benzene rings is 2. The maximum Gasteiger partial charge on any atom is 0.112 e. The Balaban J connectivity index is 2.63. The summed E-state index contributed by atoms with van der Waals surface area (Å²) in [7, 11) is 0. The van der Waals surface area contributed by atoms with Gasteiger partial charge in [0.1, 0.15) is 5.60 Å². The summed E-state index contributed by atoms with van der Waals surface area (Å²) >= 11 is 0. The third kappa shape index (κ3) is 1.92. The summed E-state index contributed by atoms with van der Waals surface area (Å²) in [6, 6.07) is 16.9. The molecule has 0 radical (unpaired) electrons. The van der Waals surface area contributed by atoms with E-state index in [-0.39, 0.29) is 0 Å². The van der Waals surface area contributed by atoms with Gasteiger partial charge in [0.05, 0.1) is 0 Å². The van der Waals surface area contributed by atoms with Crippen molar-refractivity contribution < 1.29 is 9.22 Å². The summed E-state index contributed by atoms with van der Waals surface area (Å²) in [6.07, 6.45) is 0. The van der Waals surface area contributed by atoms with Crippen LogP contribution >= 0.6 is 0 Å². The monoisotopic (exact) mass is 201 g/mol. The fourth-order valence-electron chi connectivity index (χ4n) is 1.53. The van der Waals surface area contributed by atoms with Crippen molar-refractivity contribution in [3.8, 4) is 0 Å². The maximum absolute atomic E-state index is 10.7. The van der Waals surface area contributed by atoms with Crippen LogP contribution in [0.5, 0.6) is 0 Å². The third-order valence-electron chi connectivity index (χ3n) is 2.38. The molecular weight excluding hydrogens is 184 g/mol. The zero-order chi connectivity index (χ0) is 13.2. The van der Waals surface area contributed by atoms with Gasteiger partial charge < -0.3 is 5.11 Å². The maximum atomic E-state index is 10.7. The lowest BCUT2D eigenvalue weighted by Crippen LogP contribution is -2.22. The Bertz CT molecular complexity index is 466. The molecule has 1 heteroatoms. The lowest BCUT2D eigenvalue weighted by molar-refractivity contribution is 0.102. The fraction of sp³-hybridized carbons (Fsp3) is 0.143. The third-order valence-corrected chi connectivity index (χ3v) is 2.38. The molecule has 0 aliphatic heterocycles. The van der Waals surface area contributed by atoms with E-state index in [9.17, 15) is 5.11 Å². The quantitative estimate of drug-likeness (QED) is 0.792. The number of aliphatic hydroxyl groups is 1. The highest BCUT2D eigenvalue weighted by molar-refractivity contribution is 5.34. The molecule has 0 unspecified atom stereocenters. The van der Waals surface area contributed by atoms with Crippen molar-refractivity contribution >= 4 is 0 Å². The molecule has 1 nitrogen and oxygen atoms in total. The second kappa shape index (κ2) is 3.87. The minimum atomic E-state index is -2.53. The normalized spacial score (nSPS) is 15.1. The van der Waals surface area contributed by atoms with E-state index in [4.69, 9.17) is 4.11 Å². The van der Waals surface area contributed by atoms with Crippen LogP contribution in [0, 0.1) is 0 Å². The molecule has 0 atom stereocenters. The lowest BCUT2D eigenvalue weighted by Gasteiger charge is -2.24. The molecule has 0 aliphatic carbocycles. The minimum Gasteiger partial charge on any atom is -0.381 e. The molecule has 0 bridgehead atoms. The van der Waals surface area contributed by atoms with Crippen molar-refractivity contribution in [3.05, 3.63) is 71.8 Å². The van der Waals surface area contributed by atoms with Gasteiger partial charge in [-0.3, -0.25) is 0 Å². The number of hydrogen-bond donors (Lipinski definition) is 1. The van der Waals surface area contributed by atoms with E-state index < -0.39 is 12.5 Å². The van der Waals surface area contributed by atoms with Gasteiger partial charge in [-0.25, -0.2) is 0 Å². The predicted molar refractivity (Wildman–Crippen MR) is 61.6 cm³/mol. The zero-order valence-electron chi connectivity index (χ0n) is 11.2. The smallest absolute Gasteiger partial charge is 0.112 e. The molecule has 2 aromatic rings. The zero-order valence-corrected chi connectivity index (χ0v) is 8.22. The molecule has 0 amide bonds. The molecule has 0 spiro atoms. The lowest BCUT2D eigenvalue weighted by atomic mass is 9.88. The Labute approximate surface area is 94.2 Å². The van der Waals surface area contributed by atoms with Crippen LogP contribution in [0.4, 0.5) is 0 Å². The SMILES string of the molecule is [2H]C([2H])([2H])C(O)(c1ccccc1)c1ccccc1. The number of rotatable bonds is 2. The molecule has 0 fully saturated rings. The highest BCUT2D eigenvalue weighted by atomic mass is 16.3. The summed E-state index contributed by atoms with van der Waals surface area (Å²) in [4.78, 5) is 0. The van der Waals surface area contributed by atoms with E-state index in [2.05, 4.69) is 0 Å². The Morgan fingerprint density at radius 3 is 1.60 bits per heavy atom. The minimum absolute atomic E-state index is 0.371. The first-order valence-corrected chi connectivity index (χ1v) is 4.79. The highest BCUT2D eigenvalue weighted by Crippen LogP contribution is 2.28. The van der Waals surface area contributed by atoms with Crippen molar-refractivity contribution in [2.45, 2.75) is 12.5 Å². The van der Waals surface area contributed by atoms with Crippen LogP contribution in [0.1, 0.15) is 22.1 Å². The predicted octanol–water partition coefficient (Wildman–Crippen LogP) is 2.94. The van der Waals surface area contributed by atoms with Crippen LogP contribution in [0.15, 0.2) is 60.7 Å². The molecule has 15 heavy (non-hydrogen) atoms. The highest BCUT2D eigenvalue weighted by Gasteiger charge is 2.24. The number of hydrogen-bond acceptors (Lipinski definition) is 1. The van der Waals surface area contributed by atoms with E-state index in [0.29, 0.717) is 11.1 Å². The molecule has 0 saturated heterocycles. The van der Waals surface area contributed by atoms with Crippen molar-refractivity contribution in [2.75, 3.05) is 0 Å². The molecule has 1 N–H and O–H groups in total. The van der Waals surface area contributed by atoms with Gasteiger partial charge in [0, 0.05) is 4.11 Å². The first-order valence-electron chi connectivity index (χ1n) is 6.29. The van der Waals surface area contributed by atoms with Crippen LogP contribution < -0.4 is 0 Å². The second-order valence-electron chi connectivity index (χ2n) is 3.44. The van der Waals surface area contributed by atoms with E-state index in [1.54, 1.807) is 60.7 Å². The van der Waals surface area contributed by atoms with Gasteiger partial charge in [-0.2, -0.15) is 0 Å². The standard InChI is InChI=1S/C14H14O/c1-14(15,12-8-4-2-5-9-12)13-10-6-3-7-11-13/h2-11,15H,1H3/i1D3. The van der Waals surface area contributed by atoms with Crippen LogP contribution in [-0.4, -0.2) is 5.11 Å². The van der Waals surface area contributed by atoms with Crippen molar-refractivity contribution in [1.82, 2.24) is 0 Å². The van der Waals surface area contributed by atoms with E-state index in [0.717, 1.165) is 0 Å². The van der Waals surface area contributed by atoms with Gasteiger partial charge in [-0.15, -0.1) is 0 Å². The average molecular weight is 201 g/mol. The molecule has 2 aromatic carbocycles. The van der Waals surface area contributed by atoms with Crippen LogP contribution in [0.25, 0.3) is 0 Å². The Morgan fingerprint density at radius 1 is 0.867 bits per heavy atom. The Morgan fingerprint density at radius 2 is 1.27 bits per heavy atom. The Kier molecular flexibility index (Phi) is 1.76. The topological polar surface area (TPSA) is 20.2 Å². The fourth-order valence-corrected chi connectivity index (χ4v) is 1.53. The van der Waals surface area contributed by atoms with Gasteiger partial charge in [-0.05, 0) is 18.0 Å². The molecule has 0 heterocycles. The molecular formula is C14H14O. The van der Waals surface area contributed by atoms with E-state index in [1.807, 2.05) is 0 Å². The molecule has 0 aromatic heterocycles. The molecule has 76 valence electrons. The van der Waals surface area contributed by atoms with Gasteiger partial charge in [-0.1, -0.05) is 60.7 Å². The summed E-state index contributed by atoms with van der Waals surface area (Å²) < 4.78 is 22.9. The van der Waals surface area contributed by atoms with Gasteiger partial charge in [0.15, 0.2) is 0 Å². The van der Waals surface area contributed by atoms with E-state index >= 15 is 0 Å². The summed E-state index contributed by atoms with van der Waals surface area (Å²) in [5.74, 6) is 0. The largest absolute Gasteiger partial charge is 0.381 e. The van der Waals surface area contributed by atoms with Gasteiger partial charge in [0.25, 0.3) is 0 Å². The van der Waals surface area contributed by atoms with Crippen molar-refractivity contribution in [1.29, 1.82) is 0 Å². The Hall–Kier alpha value is -1.60. The summed E-state index contributed by atoms with van der Waals surface area (Å²) in [5, 5.41) is 10.7. The van der Waals surface area contributed by atoms with Gasteiger partial charge in [0.2, 0.25) is 0 Å². The van der Waals surface area contributed by atoms with Gasteiger partial charge >= 0.3 is 0 Å². The average Bonchev–Trinajstić information content (AvgIpc) is 2.38. The van der Waals surface area contributed by atoms with Crippen LogP contribution in [0.2, 0.25) is 0 Å². The van der Waals surface area contributed by atoms with Crippen molar-refractivity contribution in [3.63, 3.8) is 0 Å². The molecule has 2 rings (SSSR count). The second-order valence-corrected chi connectivity index (χ2v) is 3.44. The first kappa shape index (κ1) is 6.81. The van der Waals surface area contributed by atoms with E-state index in [1.165, 1.54) is 0 Å².